The van der Waals surface area contributed by atoms with E-state index in [9.17, 15) is 9.59 Å². The number of methoxy groups -OCH3 is 2. The molecule has 1 aliphatic rings. The fourth-order valence-corrected chi connectivity index (χ4v) is 3.18. The predicted octanol–water partition coefficient (Wildman–Crippen LogP) is 3.34. The summed E-state index contributed by atoms with van der Waals surface area (Å²) >= 11 is 0. The van der Waals surface area contributed by atoms with Crippen molar-refractivity contribution in [3.8, 4) is 0 Å². The second-order valence-electron chi connectivity index (χ2n) is 6.49. The van der Waals surface area contributed by atoms with Crippen molar-refractivity contribution >= 4 is 23.3 Å². The van der Waals surface area contributed by atoms with Gasteiger partial charge in [0, 0.05) is 37.1 Å². The number of hydrogen-bond acceptors (Lipinski definition) is 5. The van der Waals surface area contributed by atoms with Gasteiger partial charge in [-0.1, -0.05) is 0 Å². The van der Waals surface area contributed by atoms with Crippen LogP contribution in [0.5, 0.6) is 0 Å². The van der Waals surface area contributed by atoms with Crippen LogP contribution in [0.3, 0.4) is 0 Å². The van der Waals surface area contributed by atoms with Gasteiger partial charge >= 0.3 is 5.97 Å². The molecule has 3 rings (SSSR count). The van der Waals surface area contributed by atoms with Crippen LogP contribution in [0.25, 0.3) is 0 Å². The summed E-state index contributed by atoms with van der Waals surface area (Å²) < 4.78 is 10.1. The third-order valence-electron chi connectivity index (χ3n) is 4.83. The fourth-order valence-electron chi connectivity index (χ4n) is 3.18. The Balaban J connectivity index is 1.59. The summed E-state index contributed by atoms with van der Waals surface area (Å²) in [4.78, 5) is 26.1. The van der Waals surface area contributed by atoms with Gasteiger partial charge in [-0.25, -0.2) is 4.79 Å². The topological polar surface area (TPSA) is 67.9 Å². The first-order chi connectivity index (χ1) is 13.1. The van der Waals surface area contributed by atoms with Crippen molar-refractivity contribution < 1.29 is 19.1 Å². The van der Waals surface area contributed by atoms with Gasteiger partial charge in [-0.05, 0) is 61.4 Å². The molecule has 1 aliphatic heterocycles. The molecular formula is C21H24N2O4. The van der Waals surface area contributed by atoms with E-state index in [0.29, 0.717) is 17.2 Å². The van der Waals surface area contributed by atoms with Crippen molar-refractivity contribution in [1.82, 2.24) is 0 Å². The lowest BCUT2D eigenvalue weighted by molar-refractivity contribution is 0.0600. The number of rotatable bonds is 5. The number of ether oxygens (including phenoxy) is 2. The highest BCUT2D eigenvalue weighted by Gasteiger charge is 2.18. The van der Waals surface area contributed by atoms with Crippen molar-refractivity contribution in [2.24, 2.45) is 0 Å². The summed E-state index contributed by atoms with van der Waals surface area (Å²) in [5.74, 6) is -0.646. The predicted molar refractivity (Wildman–Crippen MR) is 104 cm³/mol. The van der Waals surface area contributed by atoms with Gasteiger partial charge in [0.05, 0.1) is 18.8 Å². The lowest BCUT2D eigenvalue weighted by atomic mass is 10.1. The Morgan fingerprint density at radius 2 is 1.52 bits per heavy atom. The summed E-state index contributed by atoms with van der Waals surface area (Å²) in [6.07, 6.45) is 2.40. The van der Waals surface area contributed by atoms with Gasteiger partial charge in [0.2, 0.25) is 0 Å². The highest BCUT2D eigenvalue weighted by molar-refractivity contribution is 6.04. The summed E-state index contributed by atoms with van der Waals surface area (Å²) in [5.41, 5.74) is 2.77. The average Bonchev–Trinajstić information content (AvgIpc) is 2.74. The van der Waals surface area contributed by atoms with Gasteiger partial charge in [-0.15, -0.1) is 0 Å². The smallest absolute Gasteiger partial charge is 0.337 e. The molecule has 142 valence electrons. The van der Waals surface area contributed by atoms with Crippen LogP contribution in [0, 0.1) is 0 Å². The van der Waals surface area contributed by atoms with Crippen LogP contribution in [0.1, 0.15) is 33.6 Å². The number of hydrogen-bond donors (Lipinski definition) is 1. The first kappa shape index (κ1) is 18.9. The minimum Gasteiger partial charge on any atom is -0.465 e. The molecule has 0 radical (unpaired) electrons. The molecule has 0 bridgehead atoms. The van der Waals surface area contributed by atoms with E-state index in [1.54, 1.807) is 31.4 Å². The molecule has 2 aromatic rings. The van der Waals surface area contributed by atoms with Crippen LogP contribution >= 0.6 is 0 Å². The summed E-state index contributed by atoms with van der Waals surface area (Å²) in [7, 11) is 3.09. The first-order valence-corrected chi connectivity index (χ1v) is 8.98. The van der Waals surface area contributed by atoms with Gasteiger partial charge in [0.25, 0.3) is 5.91 Å². The number of nitrogens with zero attached hydrogens (tertiary/aromatic N) is 1. The molecule has 1 amide bonds. The van der Waals surface area contributed by atoms with Crippen LogP contribution < -0.4 is 10.2 Å². The largest absolute Gasteiger partial charge is 0.465 e. The normalized spacial score (nSPS) is 14.7. The SMILES string of the molecule is COC(=O)c1ccc(C(=O)Nc2ccc(N3CCC(OC)CC3)cc2)cc1. The standard InChI is InChI=1S/C21H24N2O4/c1-26-19-11-13-23(14-12-19)18-9-7-17(8-10-18)22-20(24)15-3-5-16(6-4-15)21(25)27-2/h3-10,19H,11-14H2,1-2H3,(H,22,24). The molecule has 1 saturated heterocycles. The van der Waals surface area contributed by atoms with E-state index >= 15 is 0 Å². The van der Waals surface area contributed by atoms with E-state index in [0.717, 1.165) is 37.3 Å². The van der Waals surface area contributed by atoms with E-state index in [1.807, 2.05) is 24.3 Å². The zero-order valence-electron chi connectivity index (χ0n) is 15.6. The van der Waals surface area contributed by atoms with Crippen molar-refractivity contribution in [3.63, 3.8) is 0 Å². The van der Waals surface area contributed by atoms with E-state index in [-0.39, 0.29) is 5.91 Å². The lowest BCUT2D eigenvalue weighted by Gasteiger charge is -2.33. The Hall–Kier alpha value is -2.86. The average molecular weight is 368 g/mol. The third kappa shape index (κ3) is 4.65. The monoisotopic (exact) mass is 368 g/mol. The second kappa shape index (κ2) is 8.68. The second-order valence-corrected chi connectivity index (χ2v) is 6.49. The van der Waals surface area contributed by atoms with Crippen LogP contribution in [0.2, 0.25) is 0 Å². The number of piperidine rings is 1. The molecule has 0 atom stereocenters. The number of carbonyl (C=O) groups excluding carboxylic acids is 2. The fraction of sp³-hybridized carbons (Fsp3) is 0.333. The molecule has 27 heavy (non-hydrogen) atoms. The van der Waals surface area contributed by atoms with Crippen LogP contribution in [0.4, 0.5) is 11.4 Å². The Morgan fingerprint density at radius 3 is 2.07 bits per heavy atom. The quantitative estimate of drug-likeness (QED) is 0.820. The first-order valence-electron chi connectivity index (χ1n) is 8.98. The van der Waals surface area contributed by atoms with E-state index in [1.165, 1.54) is 7.11 Å². The Bertz CT molecular complexity index is 779. The zero-order chi connectivity index (χ0) is 19.2. The molecule has 0 aromatic heterocycles. The van der Waals surface area contributed by atoms with Gasteiger partial charge in [0.15, 0.2) is 0 Å². The van der Waals surface area contributed by atoms with Crippen LogP contribution in [0.15, 0.2) is 48.5 Å². The molecule has 1 fully saturated rings. The van der Waals surface area contributed by atoms with E-state index in [2.05, 4.69) is 15.0 Å². The third-order valence-corrected chi connectivity index (χ3v) is 4.83. The van der Waals surface area contributed by atoms with Gasteiger partial charge in [-0.2, -0.15) is 0 Å². The van der Waals surface area contributed by atoms with E-state index in [4.69, 9.17) is 4.74 Å². The van der Waals surface area contributed by atoms with Crippen molar-refractivity contribution in [1.29, 1.82) is 0 Å². The molecule has 0 unspecified atom stereocenters. The Kier molecular flexibility index (Phi) is 6.08. The number of esters is 1. The molecule has 0 spiro atoms. The van der Waals surface area contributed by atoms with Crippen molar-refractivity contribution in [3.05, 3.63) is 59.7 Å². The molecule has 1 N–H and O–H groups in total. The molecule has 2 aromatic carbocycles. The summed E-state index contributed by atoms with van der Waals surface area (Å²) in [6, 6.07) is 14.2. The Morgan fingerprint density at radius 1 is 0.926 bits per heavy atom. The number of amides is 1. The van der Waals surface area contributed by atoms with Gasteiger partial charge in [0.1, 0.15) is 0 Å². The minimum atomic E-state index is -0.424. The molecule has 0 saturated carbocycles. The van der Waals surface area contributed by atoms with Gasteiger partial charge < -0.3 is 19.7 Å². The molecule has 1 heterocycles. The van der Waals surface area contributed by atoms with Crippen LogP contribution in [-0.2, 0) is 9.47 Å². The van der Waals surface area contributed by atoms with Crippen molar-refractivity contribution in [2.45, 2.75) is 18.9 Å². The lowest BCUT2D eigenvalue weighted by Crippen LogP contribution is -2.36. The highest BCUT2D eigenvalue weighted by Crippen LogP contribution is 2.23. The summed E-state index contributed by atoms with van der Waals surface area (Å²) in [5, 5.41) is 2.87. The number of anilines is 2. The van der Waals surface area contributed by atoms with Crippen LogP contribution in [-0.4, -0.2) is 45.3 Å². The number of nitrogens with one attached hydrogen (secondary N) is 1. The maximum atomic E-state index is 12.4. The maximum Gasteiger partial charge on any atom is 0.337 e. The molecular weight excluding hydrogens is 344 g/mol. The molecule has 6 nitrogen and oxygen atoms in total. The number of benzene rings is 2. The maximum absolute atomic E-state index is 12.4. The minimum absolute atomic E-state index is 0.222. The zero-order valence-corrected chi connectivity index (χ0v) is 15.6. The highest BCUT2D eigenvalue weighted by atomic mass is 16.5. The number of carbonyl (C=O) groups is 2. The van der Waals surface area contributed by atoms with Gasteiger partial charge in [-0.3, -0.25) is 4.79 Å². The van der Waals surface area contributed by atoms with Crippen molar-refractivity contribution in [2.75, 3.05) is 37.5 Å². The summed E-state index contributed by atoms with van der Waals surface area (Å²) in [6.45, 7) is 1.94. The Labute approximate surface area is 159 Å². The molecule has 0 aliphatic carbocycles. The molecule has 6 heteroatoms. The van der Waals surface area contributed by atoms with E-state index < -0.39 is 5.97 Å².